The molecule has 0 radical (unpaired) electrons. The summed E-state index contributed by atoms with van der Waals surface area (Å²) in [5.74, 6) is 0.518. The van der Waals surface area contributed by atoms with Crippen molar-refractivity contribution in [2.45, 2.75) is 6.92 Å². The van der Waals surface area contributed by atoms with Crippen LogP contribution in [0.1, 0.15) is 5.56 Å². The van der Waals surface area contributed by atoms with Crippen LogP contribution in [0, 0.1) is 6.92 Å². The highest BCUT2D eigenvalue weighted by Crippen LogP contribution is 2.37. The Morgan fingerprint density at radius 2 is 1.81 bits per heavy atom. The third kappa shape index (κ3) is 3.69. The van der Waals surface area contributed by atoms with Crippen molar-refractivity contribution in [1.29, 1.82) is 0 Å². The molecule has 5 aromatic rings. The normalized spacial score (nSPS) is 11.8. The van der Waals surface area contributed by atoms with Crippen LogP contribution in [0.15, 0.2) is 60.7 Å². The molecule has 2 aromatic heterocycles. The number of aromatic nitrogens is 2. The van der Waals surface area contributed by atoms with Gasteiger partial charge in [-0.1, -0.05) is 17.7 Å². The summed E-state index contributed by atoms with van der Waals surface area (Å²) in [7, 11) is -1.83. The number of nitrogens with one attached hydrogen (secondary N) is 3. The van der Waals surface area contributed by atoms with Crippen molar-refractivity contribution in [3.63, 3.8) is 0 Å². The zero-order chi connectivity index (χ0) is 22.5. The lowest BCUT2D eigenvalue weighted by molar-refractivity contribution is 0.417. The summed E-state index contributed by atoms with van der Waals surface area (Å²) in [5, 5.41) is 5.50. The predicted molar refractivity (Wildman–Crippen MR) is 131 cm³/mol. The highest BCUT2D eigenvalue weighted by Gasteiger charge is 2.14. The second-order valence-corrected chi connectivity index (χ2v) is 9.60. The monoisotopic (exact) mass is 446 g/mol. The van der Waals surface area contributed by atoms with Gasteiger partial charge < -0.3 is 15.0 Å². The first-order valence-electron chi connectivity index (χ1n) is 10.1. The zero-order valence-corrected chi connectivity index (χ0v) is 18.7. The summed E-state index contributed by atoms with van der Waals surface area (Å²) in [6.07, 6.45) is 1.11. The summed E-state index contributed by atoms with van der Waals surface area (Å²) in [6.45, 7) is 2.07. The minimum atomic E-state index is -3.38. The van der Waals surface area contributed by atoms with Crippen LogP contribution in [0.5, 0.6) is 5.75 Å². The molecule has 32 heavy (non-hydrogen) atoms. The van der Waals surface area contributed by atoms with Crippen LogP contribution in [0.2, 0.25) is 0 Å². The van der Waals surface area contributed by atoms with Gasteiger partial charge in [-0.25, -0.2) is 13.4 Å². The molecule has 3 aromatic carbocycles. The van der Waals surface area contributed by atoms with Crippen molar-refractivity contribution in [3.8, 4) is 5.75 Å². The summed E-state index contributed by atoms with van der Waals surface area (Å²) in [4.78, 5) is 8.40. The Kier molecular flexibility index (Phi) is 4.67. The number of H-pyrrole nitrogens is 1. The van der Waals surface area contributed by atoms with Gasteiger partial charge >= 0.3 is 0 Å². The van der Waals surface area contributed by atoms with Crippen molar-refractivity contribution in [1.82, 2.24) is 9.97 Å². The first kappa shape index (κ1) is 20.1. The van der Waals surface area contributed by atoms with Gasteiger partial charge in [0.25, 0.3) is 0 Å². The second kappa shape index (κ2) is 7.42. The molecule has 0 aliphatic carbocycles. The molecular formula is C24H22N4O3S. The molecule has 5 rings (SSSR count). The fraction of sp³-hybridized carbons (Fsp3) is 0.125. The number of fused-ring (bicyclic) bond motifs is 4. The van der Waals surface area contributed by atoms with E-state index in [1.807, 2.05) is 24.3 Å². The van der Waals surface area contributed by atoms with E-state index in [1.165, 1.54) is 5.56 Å². The molecule has 0 unspecified atom stereocenters. The number of hydrogen-bond acceptors (Lipinski definition) is 5. The van der Waals surface area contributed by atoms with Crippen LogP contribution in [0.4, 0.5) is 17.1 Å². The molecule has 0 aliphatic heterocycles. The molecule has 0 aliphatic rings. The molecule has 3 N–H and O–H groups in total. The number of methoxy groups -OCH3 is 1. The lowest BCUT2D eigenvalue weighted by atomic mass is 10.1. The molecule has 8 heteroatoms. The van der Waals surface area contributed by atoms with Crippen LogP contribution in [0.3, 0.4) is 0 Å². The number of ether oxygens (including phenoxy) is 1. The van der Waals surface area contributed by atoms with E-state index in [2.05, 4.69) is 40.1 Å². The highest BCUT2D eigenvalue weighted by molar-refractivity contribution is 7.92. The third-order valence-electron chi connectivity index (χ3n) is 5.31. The van der Waals surface area contributed by atoms with E-state index in [-0.39, 0.29) is 0 Å². The largest absolute Gasteiger partial charge is 0.494 e. The Bertz CT molecular complexity index is 1610. The average Bonchev–Trinajstić information content (AvgIpc) is 3.10. The number of anilines is 3. The molecule has 7 nitrogen and oxygen atoms in total. The van der Waals surface area contributed by atoms with Crippen molar-refractivity contribution in [2.75, 3.05) is 23.4 Å². The predicted octanol–water partition coefficient (Wildman–Crippen LogP) is 5.30. The molecule has 0 saturated carbocycles. The maximum Gasteiger partial charge on any atom is 0.229 e. The topological polar surface area (TPSA) is 96.1 Å². The van der Waals surface area contributed by atoms with Crippen LogP contribution >= 0.6 is 0 Å². The van der Waals surface area contributed by atoms with Gasteiger partial charge in [0.05, 0.1) is 52.5 Å². The Balaban J connectivity index is 1.63. The van der Waals surface area contributed by atoms with E-state index in [0.717, 1.165) is 44.8 Å². The average molecular weight is 447 g/mol. The number of hydrogen-bond donors (Lipinski definition) is 3. The van der Waals surface area contributed by atoms with Crippen molar-refractivity contribution in [3.05, 3.63) is 66.2 Å². The van der Waals surface area contributed by atoms with Crippen molar-refractivity contribution < 1.29 is 13.2 Å². The minimum absolute atomic E-state index is 0.434. The fourth-order valence-electron chi connectivity index (χ4n) is 3.96. The maximum absolute atomic E-state index is 11.6. The molecule has 0 bridgehead atoms. The number of benzene rings is 3. The Labute approximate surface area is 185 Å². The van der Waals surface area contributed by atoms with Gasteiger partial charge in [0.15, 0.2) is 0 Å². The van der Waals surface area contributed by atoms with Crippen molar-refractivity contribution in [2.24, 2.45) is 0 Å². The second-order valence-electron chi connectivity index (χ2n) is 7.85. The number of aromatic amines is 1. The fourth-order valence-corrected chi connectivity index (χ4v) is 4.51. The first-order chi connectivity index (χ1) is 15.3. The van der Waals surface area contributed by atoms with Crippen LogP contribution < -0.4 is 14.8 Å². The molecule has 0 atom stereocenters. The first-order valence-corrected chi connectivity index (χ1v) is 11.9. The van der Waals surface area contributed by atoms with E-state index >= 15 is 0 Å². The Hall–Kier alpha value is -3.78. The van der Waals surface area contributed by atoms with Crippen LogP contribution in [-0.2, 0) is 10.0 Å². The number of rotatable bonds is 5. The number of nitrogens with zero attached hydrogens (tertiary/aromatic N) is 1. The van der Waals surface area contributed by atoms with E-state index in [0.29, 0.717) is 17.1 Å². The number of aryl methyl sites for hydroxylation is 1. The maximum atomic E-state index is 11.6. The van der Waals surface area contributed by atoms with E-state index in [4.69, 9.17) is 9.72 Å². The van der Waals surface area contributed by atoms with Crippen LogP contribution in [0.25, 0.3) is 32.8 Å². The third-order valence-corrected chi connectivity index (χ3v) is 5.92. The molecule has 0 amide bonds. The minimum Gasteiger partial charge on any atom is -0.494 e. The van der Waals surface area contributed by atoms with E-state index in [9.17, 15) is 8.42 Å². The summed E-state index contributed by atoms with van der Waals surface area (Å²) >= 11 is 0. The molecule has 0 spiro atoms. The Morgan fingerprint density at radius 1 is 0.969 bits per heavy atom. The molecular weight excluding hydrogens is 424 g/mol. The zero-order valence-electron chi connectivity index (χ0n) is 17.9. The molecule has 162 valence electrons. The van der Waals surface area contributed by atoms with Gasteiger partial charge in [-0.15, -0.1) is 0 Å². The molecule has 0 fully saturated rings. The smallest absolute Gasteiger partial charge is 0.229 e. The van der Waals surface area contributed by atoms with Gasteiger partial charge in [-0.05, 0) is 49.4 Å². The Morgan fingerprint density at radius 3 is 2.59 bits per heavy atom. The summed E-state index contributed by atoms with van der Waals surface area (Å²) < 4.78 is 31.1. The van der Waals surface area contributed by atoms with Gasteiger partial charge in [-0.2, -0.15) is 0 Å². The van der Waals surface area contributed by atoms with Gasteiger partial charge in [0, 0.05) is 16.8 Å². The number of pyridine rings is 1. The highest BCUT2D eigenvalue weighted by atomic mass is 32.2. The quantitative estimate of drug-likeness (QED) is 0.340. The van der Waals surface area contributed by atoms with Gasteiger partial charge in [0.1, 0.15) is 5.75 Å². The van der Waals surface area contributed by atoms with E-state index < -0.39 is 10.0 Å². The summed E-state index contributed by atoms with van der Waals surface area (Å²) in [5.41, 5.74) is 6.97. The lowest BCUT2D eigenvalue weighted by Gasteiger charge is -2.14. The summed E-state index contributed by atoms with van der Waals surface area (Å²) in [6, 6.07) is 19.4. The number of sulfonamides is 1. The van der Waals surface area contributed by atoms with Crippen LogP contribution in [-0.4, -0.2) is 31.8 Å². The standard InChI is InChI=1S/C24H22N4O3S/c1-14-7-9-17-15(11-14)12-21-24(27-17)23-19(5-4-6-20(23)26-21)25-18-10-8-16(13-22(18)31-2)28-32(3,29)30/h4-13,25-26,28H,1-3H3. The molecule has 2 heterocycles. The van der Waals surface area contributed by atoms with Crippen molar-refractivity contribution >= 4 is 59.9 Å². The van der Waals surface area contributed by atoms with Gasteiger partial charge in [-0.3, -0.25) is 4.72 Å². The lowest BCUT2D eigenvalue weighted by Crippen LogP contribution is -2.09. The molecule has 0 saturated heterocycles. The van der Waals surface area contributed by atoms with Gasteiger partial charge in [0.2, 0.25) is 10.0 Å². The van der Waals surface area contributed by atoms with E-state index in [1.54, 1.807) is 25.3 Å². The SMILES string of the molecule is COc1cc(NS(C)(=O)=O)ccc1Nc1cccc2[nH]c3cc4cc(C)ccc4nc3c12.